The summed E-state index contributed by atoms with van der Waals surface area (Å²) in [7, 11) is 0. The zero-order valence-corrected chi connectivity index (χ0v) is 26.3. The van der Waals surface area contributed by atoms with Crippen LogP contribution in [0.4, 0.5) is 5.82 Å². The van der Waals surface area contributed by atoms with Gasteiger partial charge in [-0.1, -0.05) is 24.3 Å². The van der Waals surface area contributed by atoms with Crippen molar-refractivity contribution < 1.29 is 14.4 Å². The average Bonchev–Trinajstić information content (AvgIpc) is 3.76. The van der Waals surface area contributed by atoms with E-state index in [-0.39, 0.29) is 46.8 Å². The van der Waals surface area contributed by atoms with E-state index in [4.69, 9.17) is 15.0 Å². The Hall–Kier alpha value is -4.92. The number of rotatable bonds is 0. The van der Waals surface area contributed by atoms with Crippen LogP contribution >= 0.6 is 0 Å². The predicted octanol–water partition coefficient (Wildman–Crippen LogP) is 2.24. The number of fused-ring (bicyclic) bond motifs is 26. The number of hydrogen-bond donors (Lipinski definition) is 3. The molecule has 3 N–H and O–H groups in total. The van der Waals surface area contributed by atoms with Gasteiger partial charge in [0.1, 0.15) is 28.4 Å². The van der Waals surface area contributed by atoms with Gasteiger partial charge in [-0.05, 0) is 71.4 Å². The molecule has 9 nitrogen and oxygen atoms in total. The summed E-state index contributed by atoms with van der Waals surface area (Å²) in [5.41, 5.74) is 12.4. The first-order chi connectivity index (χ1) is 23.9. The first kappa shape index (κ1) is 24.3. The van der Waals surface area contributed by atoms with E-state index in [1.165, 1.54) is 22.3 Å². The van der Waals surface area contributed by atoms with Gasteiger partial charge in [-0.2, -0.15) is 0 Å². The Bertz CT molecular complexity index is 2800. The van der Waals surface area contributed by atoms with Gasteiger partial charge in [-0.25, -0.2) is 9.98 Å². The van der Waals surface area contributed by atoms with Crippen LogP contribution in [0.1, 0.15) is 89.3 Å². The maximum absolute atomic E-state index is 13.4. The largest absolute Gasteiger partial charge is 0.340 e. The van der Waals surface area contributed by atoms with Gasteiger partial charge in [-0.3, -0.25) is 19.4 Å². The number of nitrogens with one attached hydrogen (secondary N) is 3. The van der Waals surface area contributed by atoms with E-state index in [2.05, 4.69) is 51.4 Å². The minimum Gasteiger partial charge on any atom is -0.340 e. The van der Waals surface area contributed by atoms with E-state index in [0.717, 1.165) is 80.4 Å². The zero-order valence-electron chi connectivity index (χ0n) is 26.3. The number of Topliss-reactive ketones (excluding diaryl/α,β-unsaturated/α-hetero) is 3. The summed E-state index contributed by atoms with van der Waals surface area (Å²) in [6.45, 7) is 0. The number of nitrogens with zero attached hydrogens (tertiary/aromatic N) is 3. The molecular weight excluding hydrogens is 612 g/mol. The van der Waals surface area contributed by atoms with Gasteiger partial charge >= 0.3 is 0 Å². The van der Waals surface area contributed by atoms with Crippen molar-refractivity contribution >= 4 is 40.5 Å². The number of H-pyrrole nitrogens is 3. The minimum atomic E-state index is -0.481. The molecular formula is C40H28N6O3. The lowest BCUT2D eigenvalue weighted by atomic mass is 9.67. The van der Waals surface area contributed by atoms with Crippen molar-refractivity contribution in [2.24, 2.45) is 44.1 Å². The summed E-state index contributed by atoms with van der Waals surface area (Å²) in [6.07, 6.45) is 14.7. The number of aliphatic imine (C=N–C) groups is 1. The molecule has 2 spiro atoms. The highest BCUT2D eigenvalue weighted by Crippen LogP contribution is 2.74. The number of carbonyl (C=O) groups excluding carboxylic acids is 3. The summed E-state index contributed by atoms with van der Waals surface area (Å²) in [4.78, 5) is 67.6. The van der Waals surface area contributed by atoms with E-state index >= 15 is 0 Å². The minimum absolute atomic E-state index is 0.0469. The van der Waals surface area contributed by atoms with Gasteiger partial charge in [0.05, 0.1) is 17.0 Å². The molecule has 0 saturated heterocycles. The Labute approximate surface area is 277 Å². The highest BCUT2D eigenvalue weighted by molar-refractivity contribution is 6.25. The summed E-state index contributed by atoms with van der Waals surface area (Å²) in [5, 5.41) is 2.00. The number of allylic oxidation sites excluding steroid dienone is 5. The topological polar surface area (TPSA) is 136 Å². The third-order valence-corrected chi connectivity index (χ3v) is 15.3. The number of carbonyl (C=O) groups is 3. The Morgan fingerprint density at radius 3 is 2.53 bits per heavy atom. The summed E-state index contributed by atoms with van der Waals surface area (Å²) in [6, 6.07) is 2.29. The maximum atomic E-state index is 13.4. The Morgan fingerprint density at radius 2 is 1.63 bits per heavy atom. The van der Waals surface area contributed by atoms with Crippen molar-refractivity contribution in [3.8, 4) is 0 Å². The molecule has 15 rings (SSSR count). The molecule has 5 heterocycles. The van der Waals surface area contributed by atoms with Crippen LogP contribution in [0.2, 0.25) is 0 Å². The van der Waals surface area contributed by atoms with E-state index in [1.54, 1.807) is 0 Å². The van der Waals surface area contributed by atoms with Crippen LogP contribution in [-0.4, -0.2) is 44.2 Å². The van der Waals surface area contributed by atoms with Gasteiger partial charge < -0.3 is 15.0 Å². The number of hydrogen-bond acceptors (Lipinski definition) is 6. The summed E-state index contributed by atoms with van der Waals surface area (Å²) >= 11 is 0. The Morgan fingerprint density at radius 1 is 0.796 bits per heavy atom. The number of ketones is 3. The zero-order chi connectivity index (χ0) is 31.6. The quantitative estimate of drug-likeness (QED) is 0.326. The highest BCUT2D eigenvalue weighted by Gasteiger charge is 2.77. The van der Waals surface area contributed by atoms with Crippen LogP contribution in [0.15, 0.2) is 56.5 Å². The second-order valence-electron chi connectivity index (χ2n) is 17.0. The third kappa shape index (κ3) is 2.24. The van der Waals surface area contributed by atoms with E-state index in [1.807, 2.05) is 0 Å². The van der Waals surface area contributed by atoms with Crippen LogP contribution < -0.4 is 21.7 Å². The van der Waals surface area contributed by atoms with E-state index in [0.29, 0.717) is 36.1 Å². The maximum Gasteiger partial charge on any atom is 0.165 e. The molecule has 0 aromatic carbocycles. The molecule has 12 aliphatic rings. The smallest absolute Gasteiger partial charge is 0.165 e. The van der Waals surface area contributed by atoms with Crippen LogP contribution in [0.3, 0.4) is 0 Å². The number of aromatic amines is 3. The van der Waals surface area contributed by atoms with Crippen molar-refractivity contribution in [1.29, 1.82) is 0 Å². The molecule has 2 aliphatic heterocycles. The summed E-state index contributed by atoms with van der Waals surface area (Å²) < 4.78 is 0. The average molecular weight is 641 g/mol. The monoisotopic (exact) mass is 640 g/mol. The second-order valence-corrected chi connectivity index (χ2v) is 17.0. The molecule has 13 bridgehead atoms. The normalized spacial score (nSPS) is 43.8. The lowest BCUT2D eigenvalue weighted by Gasteiger charge is -2.32. The standard InChI is InChI=1S/C40H28N6O3/c47-24-8-13-6-16(24)28-27(13)36-44-33(28)32-22-9-15(18-2-1-14-11-39(14,18)32)35(42-22)45-38-30-19-3-4-20-34(49)40(19,20)31(30)23(43-38)10-21-26-12-5-17(25(48)7-12)29(26)37(41-21)46-36/h1-4,9-10,12-14,16-20,37,42H,5-8,11H2,(H,43,45)(H,44,46)/b23-10?,33-32+/t12?,13?,14?,16?,17?,18?,19?,20?,37?,39?,40-/m1/s1. The molecule has 3 aromatic rings. The van der Waals surface area contributed by atoms with E-state index < -0.39 is 11.6 Å². The van der Waals surface area contributed by atoms with Crippen molar-refractivity contribution in [1.82, 2.24) is 15.0 Å². The first-order valence-electron chi connectivity index (χ1n) is 18.1. The van der Waals surface area contributed by atoms with Crippen LogP contribution in [0, 0.1) is 29.1 Å². The number of aromatic nitrogens is 3. The lowest BCUT2D eigenvalue weighted by molar-refractivity contribution is -0.120. The second kappa shape index (κ2) is 6.91. The van der Waals surface area contributed by atoms with Gasteiger partial charge in [0.15, 0.2) is 11.9 Å². The molecule has 4 fully saturated rings. The SMILES string of the molecule is O=C1CC2CC1C1=C2C2=NC1N=c1[nH]/c(c3c1C1CC(=O)C3C1)=C1\c3cc(c([nH]3)N=c3[nH]c(c4c3C3C=CC5C(=O)[C@@]453)=C2)C2C=CC3CC132. The van der Waals surface area contributed by atoms with Gasteiger partial charge in [0.25, 0.3) is 0 Å². The molecule has 11 atom stereocenters. The summed E-state index contributed by atoms with van der Waals surface area (Å²) in [5.74, 6) is 2.56. The lowest BCUT2D eigenvalue weighted by Crippen LogP contribution is -2.38. The van der Waals surface area contributed by atoms with Crippen LogP contribution in [0.25, 0.3) is 11.6 Å². The predicted molar refractivity (Wildman–Crippen MR) is 174 cm³/mol. The first-order valence-corrected chi connectivity index (χ1v) is 18.1. The molecule has 4 saturated carbocycles. The van der Waals surface area contributed by atoms with Crippen molar-refractivity contribution in [2.75, 3.05) is 0 Å². The van der Waals surface area contributed by atoms with Crippen molar-refractivity contribution in [3.05, 3.63) is 96.7 Å². The van der Waals surface area contributed by atoms with Crippen LogP contribution in [-0.2, 0) is 19.8 Å². The molecule has 3 aromatic heterocycles. The molecule has 0 amide bonds. The molecule has 49 heavy (non-hydrogen) atoms. The highest BCUT2D eigenvalue weighted by atomic mass is 16.1. The van der Waals surface area contributed by atoms with Gasteiger partial charge in [0, 0.05) is 80.6 Å². The third-order valence-electron chi connectivity index (χ3n) is 15.3. The fourth-order valence-electron chi connectivity index (χ4n) is 13.5. The Balaban J connectivity index is 1.10. The molecule has 10 aliphatic carbocycles. The van der Waals surface area contributed by atoms with Crippen molar-refractivity contribution in [2.45, 2.75) is 67.4 Å². The fourth-order valence-corrected chi connectivity index (χ4v) is 13.5. The molecule has 0 radical (unpaired) electrons. The van der Waals surface area contributed by atoms with Gasteiger partial charge in [0.2, 0.25) is 0 Å². The molecule has 9 heteroatoms. The Kier molecular flexibility index (Phi) is 3.42. The van der Waals surface area contributed by atoms with Crippen LogP contribution in [0.5, 0.6) is 0 Å². The molecule has 236 valence electrons. The van der Waals surface area contributed by atoms with Crippen molar-refractivity contribution in [3.63, 3.8) is 0 Å². The molecule has 10 unspecified atom stereocenters. The van der Waals surface area contributed by atoms with E-state index in [9.17, 15) is 14.4 Å². The fraction of sp³-hybridized carbons (Fsp3) is 0.400. The van der Waals surface area contributed by atoms with Gasteiger partial charge in [-0.15, -0.1) is 0 Å².